The second kappa shape index (κ2) is 8.42. The van der Waals surface area contributed by atoms with Crippen LogP contribution in [0.4, 0.5) is 0 Å². The molecule has 25 heavy (non-hydrogen) atoms. The van der Waals surface area contributed by atoms with Crippen molar-refractivity contribution in [2.75, 3.05) is 0 Å². The third-order valence-electron chi connectivity index (χ3n) is 4.19. The first-order valence-electron chi connectivity index (χ1n) is 8.43. The molecule has 0 aliphatic heterocycles. The molecule has 132 valence electrons. The lowest BCUT2D eigenvalue weighted by atomic mass is 10.0. The van der Waals surface area contributed by atoms with E-state index in [1.165, 1.54) is 0 Å². The summed E-state index contributed by atoms with van der Waals surface area (Å²) in [6, 6.07) is 8.66. The number of rotatable bonds is 6. The SMILES string of the molecule is Cc1ccc(C(=O)N[C@H](C(=O)NCc2cccnc2)C(C)C)cc1C. The number of carbonyl (C=O) groups excluding carboxylic acids is 2. The number of carbonyl (C=O) groups is 2. The van der Waals surface area contributed by atoms with Crippen LogP contribution < -0.4 is 10.6 Å². The first-order chi connectivity index (χ1) is 11.9. The highest BCUT2D eigenvalue weighted by Gasteiger charge is 2.24. The molecule has 0 aliphatic carbocycles. The van der Waals surface area contributed by atoms with Gasteiger partial charge in [-0.1, -0.05) is 26.0 Å². The summed E-state index contributed by atoms with van der Waals surface area (Å²) in [4.78, 5) is 29.0. The Hall–Kier alpha value is -2.69. The molecule has 1 aromatic carbocycles. The van der Waals surface area contributed by atoms with Crippen molar-refractivity contribution in [3.05, 3.63) is 65.0 Å². The van der Waals surface area contributed by atoms with Gasteiger partial charge in [-0.15, -0.1) is 0 Å². The van der Waals surface area contributed by atoms with Gasteiger partial charge in [0.15, 0.2) is 0 Å². The summed E-state index contributed by atoms with van der Waals surface area (Å²) in [6.07, 6.45) is 3.39. The van der Waals surface area contributed by atoms with E-state index < -0.39 is 6.04 Å². The van der Waals surface area contributed by atoms with Crippen molar-refractivity contribution >= 4 is 11.8 Å². The van der Waals surface area contributed by atoms with E-state index in [1.807, 2.05) is 52.0 Å². The van der Waals surface area contributed by atoms with Gasteiger partial charge in [-0.3, -0.25) is 14.6 Å². The zero-order valence-corrected chi connectivity index (χ0v) is 15.2. The summed E-state index contributed by atoms with van der Waals surface area (Å²) in [7, 11) is 0. The highest BCUT2D eigenvalue weighted by molar-refractivity contribution is 5.97. The van der Waals surface area contributed by atoms with E-state index in [9.17, 15) is 9.59 Å². The van der Waals surface area contributed by atoms with Crippen LogP contribution in [0.2, 0.25) is 0 Å². The fraction of sp³-hybridized carbons (Fsp3) is 0.350. The standard InChI is InChI=1S/C20H25N3O2/c1-13(2)18(20(25)22-12-16-6-5-9-21-11-16)23-19(24)17-8-7-14(3)15(4)10-17/h5-11,13,18H,12H2,1-4H3,(H,22,25)(H,23,24)/t18-/m0/s1. The molecule has 1 atom stereocenters. The van der Waals surface area contributed by atoms with Crippen LogP contribution in [0.5, 0.6) is 0 Å². The molecule has 5 nitrogen and oxygen atoms in total. The number of amides is 2. The summed E-state index contributed by atoms with van der Waals surface area (Å²) in [6.45, 7) is 8.17. The number of hydrogen-bond donors (Lipinski definition) is 2. The Morgan fingerprint density at radius 1 is 1.12 bits per heavy atom. The van der Waals surface area contributed by atoms with Crippen LogP contribution in [-0.2, 0) is 11.3 Å². The highest BCUT2D eigenvalue weighted by atomic mass is 16.2. The molecule has 0 unspecified atom stereocenters. The molecule has 1 heterocycles. The Bertz CT molecular complexity index is 742. The van der Waals surface area contributed by atoms with Gasteiger partial charge >= 0.3 is 0 Å². The Labute approximate surface area is 148 Å². The predicted molar refractivity (Wildman–Crippen MR) is 98.1 cm³/mol. The number of pyridine rings is 1. The maximum atomic E-state index is 12.5. The third-order valence-corrected chi connectivity index (χ3v) is 4.19. The van der Waals surface area contributed by atoms with Gasteiger partial charge in [0.05, 0.1) is 0 Å². The molecule has 2 rings (SSSR count). The summed E-state index contributed by atoms with van der Waals surface area (Å²) in [5.74, 6) is -0.459. The number of aromatic nitrogens is 1. The van der Waals surface area contributed by atoms with E-state index in [0.29, 0.717) is 12.1 Å². The zero-order valence-electron chi connectivity index (χ0n) is 15.2. The maximum absolute atomic E-state index is 12.5. The fourth-order valence-corrected chi connectivity index (χ4v) is 2.44. The largest absolute Gasteiger partial charge is 0.350 e. The lowest BCUT2D eigenvalue weighted by Crippen LogP contribution is -2.49. The summed E-state index contributed by atoms with van der Waals surface area (Å²) >= 11 is 0. The minimum Gasteiger partial charge on any atom is -0.350 e. The molecule has 0 saturated heterocycles. The minimum absolute atomic E-state index is 0.0237. The van der Waals surface area contributed by atoms with Crippen molar-refractivity contribution in [2.24, 2.45) is 5.92 Å². The minimum atomic E-state index is -0.592. The second-order valence-electron chi connectivity index (χ2n) is 6.57. The quantitative estimate of drug-likeness (QED) is 0.850. The Balaban J connectivity index is 2.02. The van der Waals surface area contributed by atoms with E-state index in [2.05, 4.69) is 15.6 Å². The van der Waals surface area contributed by atoms with Gasteiger partial charge in [0.25, 0.3) is 5.91 Å². The predicted octanol–water partition coefficient (Wildman–Crippen LogP) is 2.77. The molecular formula is C20H25N3O2. The smallest absolute Gasteiger partial charge is 0.251 e. The van der Waals surface area contributed by atoms with Crippen molar-refractivity contribution in [1.82, 2.24) is 15.6 Å². The molecular weight excluding hydrogens is 314 g/mol. The first kappa shape index (κ1) is 18.6. The summed E-state index contributed by atoms with van der Waals surface area (Å²) in [5.41, 5.74) is 3.66. The Morgan fingerprint density at radius 3 is 2.48 bits per heavy atom. The molecule has 0 fully saturated rings. The van der Waals surface area contributed by atoms with Crippen LogP contribution in [0.15, 0.2) is 42.7 Å². The van der Waals surface area contributed by atoms with E-state index in [1.54, 1.807) is 18.5 Å². The molecule has 0 bridgehead atoms. The van der Waals surface area contributed by atoms with Crippen LogP contribution in [0, 0.1) is 19.8 Å². The van der Waals surface area contributed by atoms with Gasteiger partial charge < -0.3 is 10.6 Å². The number of hydrogen-bond acceptors (Lipinski definition) is 3. The lowest BCUT2D eigenvalue weighted by Gasteiger charge is -2.22. The van der Waals surface area contributed by atoms with E-state index in [0.717, 1.165) is 16.7 Å². The van der Waals surface area contributed by atoms with Crippen molar-refractivity contribution in [2.45, 2.75) is 40.3 Å². The van der Waals surface area contributed by atoms with E-state index in [-0.39, 0.29) is 17.7 Å². The van der Waals surface area contributed by atoms with Crippen molar-refractivity contribution in [3.63, 3.8) is 0 Å². The van der Waals surface area contributed by atoms with Gasteiger partial charge in [0, 0.05) is 24.5 Å². The van der Waals surface area contributed by atoms with Crippen LogP contribution in [-0.4, -0.2) is 22.8 Å². The molecule has 0 aliphatic rings. The molecule has 2 amide bonds. The fourth-order valence-electron chi connectivity index (χ4n) is 2.44. The Morgan fingerprint density at radius 2 is 1.88 bits per heavy atom. The second-order valence-corrected chi connectivity index (χ2v) is 6.57. The topological polar surface area (TPSA) is 71.1 Å². The maximum Gasteiger partial charge on any atom is 0.251 e. The molecule has 0 saturated carbocycles. The molecule has 1 aromatic heterocycles. The lowest BCUT2D eigenvalue weighted by molar-refractivity contribution is -0.124. The molecule has 0 spiro atoms. The highest BCUT2D eigenvalue weighted by Crippen LogP contribution is 2.11. The monoisotopic (exact) mass is 339 g/mol. The first-order valence-corrected chi connectivity index (χ1v) is 8.43. The van der Waals surface area contributed by atoms with Gasteiger partial charge in [-0.05, 0) is 54.7 Å². The van der Waals surface area contributed by atoms with Gasteiger partial charge in [-0.25, -0.2) is 0 Å². The van der Waals surface area contributed by atoms with E-state index in [4.69, 9.17) is 0 Å². The Kier molecular flexibility index (Phi) is 6.28. The van der Waals surface area contributed by atoms with Gasteiger partial charge in [-0.2, -0.15) is 0 Å². The van der Waals surface area contributed by atoms with Crippen LogP contribution in [0.1, 0.15) is 40.9 Å². The van der Waals surface area contributed by atoms with Crippen molar-refractivity contribution < 1.29 is 9.59 Å². The van der Waals surface area contributed by atoms with Crippen molar-refractivity contribution in [1.29, 1.82) is 0 Å². The van der Waals surface area contributed by atoms with Crippen LogP contribution in [0.25, 0.3) is 0 Å². The third kappa shape index (κ3) is 5.14. The number of aryl methyl sites for hydroxylation is 2. The zero-order chi connectivity index (χ0) is 18.4. The number of nitrogens with zero attached hydrogens (tertiary/aromatic N) is 1. The van der Waals surface area contributed by atoms with Crippen molar-refractivity contribution in [3.8, 4) is 0 Å². The molecule has 2 aromatic rings. The number of benzene rings is 1. The molecule has 2 N–H and O–H groups in total. The average molecular weight is 339 g/mol. The molecule has 5 heteroatoms. The van der Waals surface area contributed by atoms with Crippen LogP contribution >= 0.6 is 0 Å². The van der Waals surface area contributed by atoms with E-state index >= 15 is 0 Å². The summed E-state index contributed by atoms with van der Waals surface area (Å²) in [5, 5.41) is 5.71. The number of nitrogens with one attached hydrogen (secondary N) is 2. The normalized spacial score (nSPS) is 11.9. The average Bonchev–Trinajstić information content (AvgIpc) is 2.60. The van der Waals surface area contributed by atoms with Crippen LogP contribution in [0.3, 0.4) is 0 Å². The summed E-state index contributed by atoms with van der Waals surface area (Å²) < 4.78 is 0. The van der Waals surface area contributed by atoms with Gasteiger partial charge in [0.1, 0.15) is 6.04 Å². The van der Waals surface area contributed by atoms with Gasteiger partial charge in [0.2, 0.25) is 5.91 Å². The molecule has 0 radical (unpaired) electrons.